The minimum Gasteiger partial charge on any atom is -0.308 e. The molecule has 1 aliphatic heterocycles. The van der Waals surface area contributed by atoms with E-state index in [1.807, 2.05) is 31.2 Å². The molecule has 0 aliphatic carbocycles. The maximum atomic E-state index is 11.8. The number of nitriles is 1. The largest absolute Gasteiger partial charge is 0.308 e. The zero-order valence-corrected chi connectivity index (χ0v) is 9.31. The fourth-order valence-electron chi connectivity index (χ4n) is 2.21. The number of carbonyl (C=O) groups is 1. The van der Waals surface area contributed by atoms with Crippen LogP contribution in [0.25, 0.3) is 0 Å². The van der Waals surface area contributed by atoms with Gasteiger partial charge in [-0.25, -0.2) is 0 Å². The van der Waals surface area contributed by atoms with Gasteiger partial charge in [0.1, 0.15) is 0 Å². The molecule has 1 aromatic rings. The Labute approximate surface area is 95.3 Å². The molecular weight excluding hydrogens is 200 g/mol. The number of aryl methyl sites for hydroxylation is 1. The van der Waals surface area contributed by atoms with E-state index in [0.29, 0.717) is 12.8 Å². The van der Waals surface area contributed by atoms with Gasteiger partial charge in [-0.05, 0) is 25.0 Å². The van der Waals surface area contributed by atoms with Crippen LogP contribution < -0.4 is 4.90 Å². The highest BCUT2D eigenvalue weighted by Gasteiger charge is 2.32. The van der Waals surface area contributed by atoms with E-state index in [9.17, 15) is 4.79 Å². The summed E-state index contributed by atoms with van der Waals surface area (Å²) in [5.74, 6) is 0.134. The monoisotopic (exact) mass is 214 g/mol. The molecule has 0 aromatic heterocycles. The molecule has 0 bridgehead atoms. The first-order valence-electron chi connectivity index (χ1n) is 5.48. The highest BCUT2D eigenvalue weighted by atomic mass is 16.2. The van der Waals surface area contributed by atoms with E-state index in [1.165, 1.54) is 0 Å². The standard InChI is InChI=1S/C13H14N2O/c1-10-4-2-3-5-12(10)15-11(8-9-14)6-7-13(15)16/h2-5,11H,6-8H2,1H3. The maximum Gasteiger partial charge on any atom is 0.227 e. The van der Waals surface area contributed by atoms with Gasteiger partial charge in [0.2, 0.25) is 5.91 Å². The van der Waals surface area contributed by atoms with Crippen LogP contribution in [0.5, 0.6) is 0 Å². The average Bonchev–Trinajstić information content (AvgIpc) is 2.62. The van der Waals surface area contributed by atoms with Gasteiger partial charge in [-0.1, -0.05) is 18.2 Å². The molecule has 1 saturated heterocycles. The zero-order valence-electron chi connectivity index (χ0n) is 9.31. The molecule has 1 heterocycles. The summed E-state index contributed by atoms with van der Waals surface area (Å²) >= 11 is 0. The topological polar surface area (TPSA) is 44.1 Å². The van der Waals surface area contributed by atoms with Crippen LogP contribution in [0.2, 0.25) is 0 Å². The number of nitrogens with zero attached hydrogens (tertiary/aromatic N) is 2. The minimum atomic E-state index is 0.0543. The van der Waals surface area contributed by atoms with Crippen molar-refractivity contribution in [2.75, 3.05) is 4.90 Å². The van der Waals surface area contributed by atoms with Crippen LogP contribution in [0.15, 0.2) is 24.3 Å². The smallest absolute Gasteiger partial charge is 0.227 e. The first kappa shape index (κ1) is 10.7. The van der Waals surface area contributed by atoms with Crippen molar-refractivity contribution < 1.29 is 4.79 Å². The Morgan fingerprint density at radius 2 is 2.25 bits per heavy atom. The van der Waals surface area contributed by atoms with Gasteiger partial charge in [0.15, 0.2) is 0 Å². The van der Waals surface area contributed by atoms with E-state index in [2.05, 4.69) is 6.07 Å². The second-order valence-corrected chi connectivity index (χ2v) is 4.10. The molecule has 1 unspecified atom stereocenters. The van der Waals surface area contributed by atoms with Crippen molar-refractivity contribution in [3.05, 3.63) is 29.8 Å². The molecule has 0 saturated carbocycles. The molecule has 1 atom stereocenters. The van der Waals surface area contributed by atoms with E-state index in [4.69, 9.17) is 5.26 Å². The summed E-state index contributed by atoms with van der Waals surface area (Å²) < 4.78 is 0. The third kappa shape index (κ3) is 1.79. The van der Waals surface area contributed by atoms with Crippen LogP contribution >= 0.6 is 0 Å². The minimum absolute atomic E-state index is 0.0543. The fraction of sp³-hybridized carbons (Fsp3) is 0.385. The molecule has 0 radical (unpaired) electrons. The zero-order chi connectivity index (χ0) is 11.5. The van der Waals surface area contributed by atoms with Crippen molar-refractivity contribution >= 4 is 11.6 Å². The van der Waals surface area contributed by atoms with E-state index < -0.39 is 0 Å². The van der Waals surface area contributed by atoms with Crippen molar-refractivity contribution in [1.82, 2.24) is 0 Å². The Kier molecular flexibility index (Phi) is 2.91. The van der Waals surface area contributed by atoms with Crippen LogP contribution in [0.4, 0.5) is 5.69 Å². The molecule has 82 valence electrons. The van der Waals surface area contributed by atoms with Crippen molar-refractivity contribution in [1.29, 1.82) is 5.26 Å². The lowest BCUT2D eigenvalue weighted by Gasteiger charge is -2.24. The molecule has 1 amide bonds. The van der Waals surface area contributed by atoms with Crippen LogP contribution in [-0.4, -0.2) is 11.9 Å². The van der Waals surface area contributed by atoms with Gasteiger partial charge >= 0.3 is 0 Å². The van der Waals surface area contributed by atoms with Gasteiger partial charge in [0, 0.05) is 12.1 Å². The normalized spacial score (nSPS) is 19.9. The van der Waals surface area contributed by atoms with E-state index in [1.54, 1.807) is 4.90 Å². The van der Waals surface area contributed by atoms with Gasteiger partial charge in [-0.2, -0.15) is 5.26 Å². The number of hydrogen-bond donors (Lipinski definition) is 0. The van der Waals surface area contributed by atoms with Gasteiger partial charge in [-0.15, -0.1) is 0 Å². The lowest BCUT2D eigenvalue weighted by Crippen LogP contribution is -2.33. The Morgan fingerprint density at radius 3 is 2.94 bits per heavy atom. The summed E-state index contributed by atoms with van der Waals surface area (Å²) in [6, 6.07) is 10.0. The molecule has 2 rings (SSSR count). The highest BCUT2D eigenvalue weighted by Crippen LogP contribution is 2.30. The van der Waals surface area contributed by atoms with Crippen LogP contribution in [-0.2, 0) is 4.79 Å². The Balaban J connectivity index is 2.34. The number of amides is 1. The van der Waals surface area contributed by atoms with E-state index >= 15 is 0 Å². The summed E-state index contributed by atoms with van der Waals surface area (Å²) in [6.45, 7) is 1.99. The van der Waals surface area contributed by atoms with Crippen molar-refractivity contribution in [2.24, 2.45) is 0 Å². The molecular formula is C13H14N2O. The van der Waals surface area contributed by atoms with Crippen molar-refractivity contribution in [2.45, 2.75) is 32.2 Å². The molecule has 0 N–H and O–H groups in total. The number of hydrogen-bond acceptors (Lipinski definition) is 2. The molecule has 3 nitrogen and oxygen atoms in total. The quantitative estimate of drug-likeness (QED) is 0.758. The second kappa shape index (κ2) is 4.36. The third-order valence-corrected chi connectivity index (χ3v) is 3.03. The van der Waals surface area contributed by atoms with Gasteiger partial charge in [0.25, 0.3) is 0 Å². The molecule has 16 heavy (non-hydrogen) atoms. The Bertz CT molecular complexity index is 447. The van der Waals surface area contributed by atoms with Crippen LogP contribution in [0, 0.1) is 18.3 Å². The van der Waals surface area contributed by atoms with E-state index in [-0.39, 0.29) is 11.9 Å². The van der Waals surface area contributed by atoms with Gasteiger partial charge < -0.3 is 4.90 Å². The highest BCUT2D eigenvalue weighted by molar-refractivity contribution is 5.96. The van der Waals surface area contributed by atoms with Crippen molar-refractivity contribution in [3.8, 4) is 6.07 Å². The number of rotatable bonds is 2. The number of carbonyl (C=O) groups excluding carboxylic acids is 1. The van der Waals surface area contributed by atoms with Gasteiger partial charge in [0.05, 0.1) is 18.5 Å². The molecule has 1 aliphatic rings. The summed E-state index contributed by atoms with van der Waals surface area (Å²) in [4.78, 5) is 13.6. The first-order chi connectivity index (χ1) is 7.74. The van der Waals surface area contributed by atoms with Crippen molar-refractivity contribution in [3.63, 3.8) is 0 Å². The molecule has 0 spiro atoms. The SMILES string of the molecule is Cc1ccccc1N1C(=O)CCC1CC#N. The molecule has 3 heteroatoms. The first-order valence-corrected chi connectivity index (χ1v) is 5.48. The third-order valence-electron chi connectivity index (χ3n) is 3.03. The van der Waals surface area contributed by atoms with E-state index in [0.717, 1.165) is 17.7 Å². The van der Waals surface area contributed by atoms with Gasteiger partial charge in [-0.3, -0.25) is 4.79 Å². The number of anilines is 1. The van der Waals surface area contributed by atoms with Crippen LogP contribution in [0.3, 0.4) is 0 Å². The average molecular weight is 214 g/mol. The predicted molar refractivity (Wildman–Crippen MR) is 61.9 cm³/mol. The summed E-state index contributed by atoms with van der Waals surface area (Å²) in [6.07, 6.45) is 1.77. The predicted octanol–water partition coefficient (Wildman–Crippen LogP) is 2.40. The summed E-state index contributed by atoms with van der Waals surface area (Å²) in [7, 11) is 0. The fourth-order valence-corrected chi connectivity index (χ4v) is 2.21. The Hall–Kier alpha value is -1.82. The molecule has 1 fully saturated rings. The lowest BCUT2D eigenvalue weighted by atomic mass is 10.1. The number of benzene rings is 1. The molecule has 1 aromatic carbocycles. The maximum absolute atomic E-state index is 11.8. The second-order valence-electron chi connectivity index (χ2n) is 4.10. The lowest BCUT2D eigenvalue weighted by molar-refractivity contribution is -0.117. The van der Waals surface area contributed by atoms with Crippen LogP contribution in [0.1, 0.15) is 24.8 Å². The summed E-state index contributed by atoms with van der Waals surface area (Å²) in [5.41, 5.74) is 2.03. The Morgan fingerprint density at radius 1 is 1.50 bits per heavy atom. The summed E-state index contributed by atoms with van der Waals surface area (Å²) in [5, 5.41) is 8.76. The number of para-hydroxylation sites is 1.